The van der Waals surface area contributed by atoms with Crippen molar-refractivity contribution in [2.24, 2.45) is 0 Å². The number of nitrogens with one attached hydrogen (secondary N) is 1. The minimum atomic E-state index is -0.983. The summed E-state index contributed by atoms with van der Waals surface area (Å²) in [6.45, 7) is 5.39. The summed E-state index contributed by atoms with van der Waals surface area (Å²) < 4.78 is 11.0. The number of ether oxygens (including phenoxy) is 2. The quantitative estimate of drug-likeness (QED) is 0.639. The van der Waals surface area contributed by atoms with E-state index in [-0.39, 0.29) is 31.3 Å². The van der Waals surface area contributed by atoms with E-state index in [4.69, 9.17) is 9.47 Å². The molecule has 0 radical (unpaired) electrons. The number of esters is 1. The van der Waals surface area contributed by atoms with E-state index >= 15 is 0 Å². The predicted molar refractivity (Wildman–Crippen MR) is 126 cm³/mol. The largest absolute Gasteiger partial charge is 0.458 e. The molecule has 0 unspecified atom stereocenters. The van der Waals surface area contributed by atoms with E-state index in [9.17, 15) is 14.4 Å². The summed E-state index contributed by atoms with van der Waals surface area (Å²) in [6.07, 6.45) is -0.499. The van der Waals surface area contributed by atoms with Crippen LogP contribution in [0.4, 0.5) is 4.79 Å². The lowest BCUT2D eigenvalue weighted by Crippen LogP contribution is -2.45. The molecule has 1 aliphatic carbocycles. The van der Waals surface area contributed by atoms with Crippen LogP contribution in [0.25, 0.3) is 11.1 Å². The van der Waals surface area contributed by atoms with Gasteiger partial charge in [0.05, 0.1) is 0 Å². The van der Waals surface area contributed by atoms with Crippen molar-refractivity contribution >= 4 is 18.0 Å². The van der Waals surface area contributed by atoms with Crippen LogP contribution in [0.2, 0.25) is 0 Å². The van der Waals surface area contributed by atoms with Crippen LogP contribution in [0.3, 0.4) is 0 Å². The molecule has 7 heteroatoms. The van der Waals surface area contributed by atoms with Crippen molar-refractivity contribution in [1.29, 1.82) is 0 Å². The Labute approximate surface area is 195 Å². The first-order valence-corrected chi connectivity index (χ1v) is 11.1. The Hall–Kier alpha value is -3.35. The Morgan fingerprint density at radius 3 is 2.03 bits per heavy atom. The van der Waals surface area contributed by atoms with E-state index in [2.05, 4.69) is 17.4 Å². The van der Waals surface area contributed by atoms with Crippen LogP contribution >= 0.6 is 0 Å². The number of carbonyl (C=O) groups excluding carboxylic acids is 3. The Morgan fingerprint density at radius 2 is 1.52 bits per heavy atom. The first kappa shape index (κ1) is 24.3. The number of fused-ring (bicyclic) bond motifs is 3. The number of hydrogen-bond acceptors (Lipinski definition) is 5. The molecule has 1 aliphatic rings. The molecule has 0 heterocycles. The maximum Gasteiger partial charge on any atom is 0.407 e. The lowest BCUT2D eigenvalue weighted by Gasteiger charge is -2.25. The van der Waals surface area contributed by atoms with Gasteiger partial charge in [-0.25, -0.2) is 9.59 Å². The Balaban J connectivity index is 1.67. The molecule has 33 heavy (non-hydrogen) atoms. The van der Waals surface area contributed by atoms with Gasteiger partial charge in [-0.2, -0.15) is 0 Å². The highest BCUT2D eigenvalue weighted by Gasteiger charge is 2.31. The van der Waals surface area contributed by atoms with E-state index < -0.39 is 23.7 Å². The maximum absolute atomic E-state index is 12.6. The van der Waals surface area contributed by atoms with Gasteiger partial charge in [-0.3, -0.25) is 4.79 Å². The lowest BCUT2D eigenvalue weighted by atomic mass is 9.98. The highest BCUT2D eigenvalue weighted by molar-refractivity contribution is 5.83. The topological polar surface area (TPSA) is 84.9 Å². The van der Waals surface area contributed by atoms with Crippen LogP contribution in [0.5, 0.6) is 0 Å². The van der Waals surface area contributed by atoms with Crippen LogP contribution in [0.1, 0.15) is 50.7 Å². The normalized spacial score (nSPS) is 13.5. The van der Waals surface area contributed by atoms with Gasteiger partial charge in [0.1, 0.15) is 18.2 Å². The molecule has 0 saturated heterocycles. The van der Waals surface area contributed by atoms with E-state index in [0.29, 0.717) is 0 Å². The molecule has 176 valence electrons. The zero-order valence-electron chi connectivity index (χ0n) is 19.9. The minimum absolute atomic E-state index is 0.0848. The van der Waals surface area contributed by atoms with Gasteiger partial charge in [0.25, 0.3) is 0 Å². The van der Waals surface area contributed by atoms with Crippen LogP contribution in [0.15, 0.2) is 48.5 Å². The van der Waals surface area contributed by atoms with Gasteiger partial charge >= 0.3 is 12.1 Å². The molecule has 0 aliphatic heterocycles. The molecule has 0 fully saturated rings. The summed E-state index contributed by atoms with van der Waals surface area (Å²) >= 11 is 0. The lowest BCUT2D eigenvalue weighted by molar-refractivity contribution is -0.157. The average Bonchev–Trinajstić information content (AvgIpc) is 3.07. The van der Waals surface area contributed by atoms with Gasteiger partial charge in [0.2, 0.25) is 5.91 Å². The molecule has 1 atom stereocenters. The number of nitrogens with zero attached hydrogens (tertiary/aromatic N) is 1. The molecule has 0 aromatic heterocycles. The summed E-state index contributed by atoms with van der Waals surface area (Å²) in [5.41, 5.74) is 3.76. The van der Waals surface area contributed by atoms with Crippen molar-refractivity contribution in [3.8, 4) is 11.1 Å². The Kier molecular flexibility index (Phi) is 7.41. The second kappa shape index (κ2) is 10.1. The second-order valence-electron chi connectivity index (χ2n) is 9.38. The zero-order chi connectivity index (χ0) is 24.2. The van der Waals surface area contributed by atoms with E-state index in [1.165, 1.54) is 4.90 Å². The van der Waals surface area contributed by atoms with Crippen LogP contribution in [-0.4, -0.2) is 55.2 Å². The smallest absolute Gasteiger partial charge is 0.407 e. The highest BCUT2D eigenvalue weighted by atomic mass is 16.6. The van der Waals surface area contributed by atoms with Crippen molar-refractivity contribution in [2.75, 3.05) is 20.7 Å². The number of benzene rings is 2. The molecular formula is C26H32N2O5. The average molecular weight is 453 g/mol. The van der Waals surface area contributed by atoms with Gasteiger partial charge < -0.3 is 19.7 Å². The van der Waals surface area contributed by atoms with Gasteiger partial charge in [-0.05, 0) is 49.4 Å². The van der Waals surface area contributed by atoms with Crippen molar-refractivity contribution in [3.63, 3.8) is 0 Å². The van der Waals surface area contributed by atoms with E-state index in [1.54, 1.807) is 34.9 Å². The number of alkyl carbamates (subject to hydrolysis) is 1. The molecule has 3 rings (SSSR count). The third-order valence-electron chi connectivity index (χ3n) is 5.47. The van der Waals surface area contributed by atoms with Crippen LogP contribution < -0.4 is 5.32 Å². The Bertz CT molecular complexity index is 980. The van der Waals surface area contributed by atoms with Gasteiger partial charge in [0.15, 0.2) is 0 Å². The maximum atomic E-state index is 12.6. The first-order valence-electron chi connectivity index (χ1n) is 11.1. The molecule has 1 N–H and O–H groups in total. The summed E-state index contributed by atoms with van der Waals surface area (Å²) in [4.78, 5) is 38.7. The molecule has 2 amide bonds. The van der Waals surface area contributed by atoms with E-state index in [1.807, 2.05) is 36.4 Å². The Morgan fingerprint density at radius 1 is 0.970 bits per heavy atom. The van der Waals surface area contributed by atoms with Crippen molar-refractivity contribution < 1.29 is 23.9 Å². The van der Waals surface area contributed by atoms with E-state index in [0.717, 1.165) is 22.3 Å². The molecule has 7 nitrogen and oxygen atoms in total. The van der Waals surface area contributed by atoms with Crippen LogP contribution in [-0.2, 0) is 19.1 Å². The third kappa shape index (κ3) is 6.12. The fourth-order valence-corrected chi connectivity index (χ4v) is 3.90. The monoisotopic (exact) mass is 452 g/mol. The number of carbonyl (C=O) groups is 3. The van der Waals surface area contributed by atoms with Crippen LogP contribution in [0, 0.1) is 0 Å². The number of hydrogen-bond donors (Lipinski definition) is 1. The van der Waals surface area contributed by atoms with Gasteiger partial charge in [-0.1, -0.05) is 48.5 Å². The van der Waals surface area contributed by atoms with Crippen molar-refractivity contribution in [2.45, 2.75) is 51.2 Å². The SMILES string of the molecule is CN(C)C(=O)CC[C@@H](NC(=O)OCC1c2ccccc2-c2ccccc21)C(=O)OC(C)(C)C. The summed E-state index contributed by atoms with van der Waals surface area (Å²) in [6, 6.07) is 15.1. The molecule has 0 saturated carbocycles. The molecule has 0 bridgehead atoms. The molecular weight excluding hydrogens is 420 g/mol. The van der Waals surface area contributed by atoms with Crippen molar-refractivity contribution in [3.05, 3.63) is 59.7 Å². The second-order valence-corrected chi connectivity index (χ2v) is 9.38. The standard InChI is InChI=1S/C26H32N2O5/c1-26(2,3)33-24(30)22(14-15-23(29)28(4)5)27-25(31)32-16-21-19-12-8-6-10-17(19)18-11-7-9-13-20(18)21/h6-13,21-22H,14-16H2,1-5H3,(H,27,31)/t22-/m1/s1. The fraction of sp³-hybridized carbons (Fsp3) is 0.423. The van der Waals surface area contributed by atoms with Crippen molar-refractivity contribution in [1.82, 2.24) is 10.2 Å². The third-order valence-corrected chi connectivity index (χ3v) is 5.47. The molecule has 2 aromatic rings. The summed E-state index contributed by atoms with van der Waals surface area (Å²) in [5, 5.41) is 2.60. The first-order chi connectivity index (χ1) is 15.6. The van der Waals surface area contributed by atoms with Gasteiger partial charge in [0, 0.05) is 26.4 Å². The predicted octanol–water partition coefficient (Wildman–Crippen LogP) is 4.10. The summed E-state index contributed by atoms with van der Waals surface area (Å²) in [5.74, 6) is -0.820. The zero-order valence-corrected chi connectivity index (χ0v) is 19.9. The van der Waals surface area contributed by atoms with Gasteiger partial charge in [-0.15, -0.1) is 0 Å². The summed E-state index contributed by atoms with van der Waals surface area (Å²) in [7, 11) is 3.29. The molecule has 0 spiro atoms. The molecule has 2 aromatic carbocycles. The highest BCUT2D eigenvalue weighted by Crippen LogP contribution is 2.44. The number of rotatable bonds is 7. The fourth-order valence-electron chi connectivity index (χ4n) is 3.90. The number of amides is 2. The minimum Gasteiger partial charge on any atom is -0.458 e.